The van der Waals surface area contributed by atoms with Gasteiger partial charge < -0.3 is 4.98 Å². The van der Waals surface area contributed by atoms with Gasteiger partial charge in [0.05, 0.1) is 5.75 Å². The van der Waals surface area contributed by atoms with Gasteiger partial charge in [-0.15, -0.1) is 0 Å². The Balaban J connectivity index is 1.89. The first kappa shape index (κ1) is 13.3. The van der Waals surface area contributed by atoms with E-state index in [2.05, 4.69) is 9.97 Å². The number of pyridine rings is 1. The predicted molar refractivity (Wildman–Crippen MR) is 79.7 cm³/mol. The van der Waals surface area contributed by atoms with E-state index in [1.807, 2.05) is 31.3 Å². The Hall–Kier alpha value is -1.66. The second kappa shape index (κ2) is 5.03. The number of nitrogens with one attached hydrogen (secondary N) is 1. The SMILES string of the molecule is CCCS(=O)(=O)N1CC=C(c2ccnc3[nH]ccc23)C1. The van der Waals surface area contributed by atoms with E-state index in [9.17, 15) is 8.42 Å². The van der Waals surface area contributed by atoms with E-state index in [0.717, 1.165) is 22.2 Å². The summed E-state index contributed by atoms with van der Waals surface area (Å²) in [7, 11) is -3.13. The maximum Gasteiger partial charge on any atom is 0.214 e. The number of hydrogen-bond donors (Lipinski definition) is 1. The van der Waals surface area contributed by atoms with Gasteiger partial charge in [0.15, 0.2) is 0 Å². The Morgan fingerprint density at radius 3 is 3.05 bits per heavy atom. The molecule has 106 valence electrons. The fourth-order valence-electron chi connectivity index (χ4n) is 2.57. The van der Waals surface area contributed by atoms with Gasteiger partial charge in [-0.3, -0.25) is 0 Å². The first-order valence-electron chi connectivity index (χ1n) is 6.71. The van der Waals surface area contributed by atoms with Crippen LogP contribution in [0.3, 0.4) is 0 Å². The highest BCUT2D eigenvalue weighted by Gasteiger charge is 2.26. The number of fused-ring (bicyclic) bond motifs is 1. The van der Waals surface area contributed by atoms with Crippen LogP contribution in [0.4, 0.5) is 0 Å². The zero-order chi connectivity index (χ0) is 14.2. The molecular formula is C14H17N3O2S. The van der Waals surface area contributed by atoms with E-state index in [1.165, 1.54) is 0 Å². The Labute approximate surface area is 118 Å². The lowest BCUT2D eigenvalue weighted by molar-refractivity contribution is 0.489. The molecule has 0 radical (unpaired) electrons. The fourth-order valence-corrected chi connectivity index (χ4v) is 3.98. The molecule has 0 unspecified atom stereocenters. The molecule has 0 atom stereocenters. The summed E-state index contributed by atoms with van der Waals surface area (Å²) in [6, 6.07) is 3.92. The molecule has 5 nitrogen and oxygen atoms in total. The molecule has 20 heavy (non-hydrogen) atoms. The molecule has 0 saturated carbocycles. The van der Waals surface area contributed by atoms with Crippen molar-refractivity contribution in [1.82, 2.24) is 14.3 Å². The zero-order valence-electron chi connectivity index (χ0n) is 11.3. The quantitative estimate of drug-likeness (QED) is 0.937. The van der Waals surface area contributed by atoms with Crippen LogP contribution in [-0.4, -0.2) is 41.5 Å². The molecule has 0 spiro atoms. The van der Waals surface area contributed by atoms with E-state index in [1.54, 1.807) is 10.5 Å². The average molecular weight is 291 g/mol. The second-order valence-electron chi connectivity index (χ2n) is 4.94. The van der Waals surface area contributed by atoms with Crippen molar-refractivity contribution in [2.75, 3.05) is 18.8 Å². The fraction of sp³-hybridized carbons (Fsp3) is 0.357. The van der Waals surface area contributed by atoms with Crippen molar-refractivity contribution in [3.8, 4) is 0 Å². The molecule has 2 aromatic heterocycles. The van der Waals surface area contributed by atoms with E-state index >= 15 is 0 Å². The molecule has 0 aliphatic carbocycles. The van der Waals surface area contributed by atoms with Crippen LogP contribution < -0.4 is 0 Å². The van der Waals surface area contributed by atoms with Gasteiger partial charge in [-0.05, 0) is 29.7 Å². The van der Waals surface area contributed by atoms with Gasteiger partial charge in [0, 0.05) is 30.9 Å². The highest BCUT2D eigenvalue weighted by molar-refractivity contribution is 7.89. The molecule has 1 aliphatic heterocycles. The lowest BCUT2D eigenvalue weighted by atomic mass is 10.1. The van der Waals surface area contributed by atoms with Gasteiger partial charge in [0.1, 0.15) is 5.65 Å². The molecule has 0 bridgehead atoms. The monoisotopic (exact) mass is 291 g/mol. The van der Waals surface area contributed by atoms with Gasteiger partial charge in [-0.2, -0.15) is 4.31 Å². The summed E-state index contributed by atoms with van der Waals surface area (Å²) >= 11 is 0. The minimum Gasteiger partial charge on any atom is -0.346 e. The van der Waals surface area contributed by atoms with Gasteiger partial charge in [0.25, 0.3) is 0 Å². The van der Waals surface area contributed by atoms with E-state index < -0.39 is 10.0 Å². The summed E-state index contributed by atoms with van der Waals surface area (Å²) in [5, 5.41) is 1.04. The number of aromatic nitrogens is 2. The molecular weight excluding hydrogens is 274 g/mol. The van der Waals surface area contributed by atoms with Crippen molar-refractivity contribution in [3.05, 3.63) is 36.2 Å². The summed E-state index contributed by atoms with van der Waals surface area (Å²) in [6.07, 6.45) is 6.24. The topological polar surface area (TPSA) is 66.1 Å². The lowest BCUT2D eigenvalue weighted by Gasteiger charge is -2.16. The Kier molecular flexibility index (Phi) is 3.35. The largest absolute Gasteiger partial charge is 0.346 e. The Morgan fingerprint density at radius 2 is 2.25 bits per heavy atom. The van der Waals surface area contributed by atoms with Crippen molar-refractivity contribution >= 4 is 26.6 Å². The van der Waals surface area contributed by atoms with Crippen LogP contribution in [0, 0.1) is 0 Å². The van der Waals surface area contributed by atoms with Crippen LogP contribution in [0.2, 0.25) is 0 Å². The lowest BCUT2D eigenvalue weighted by Crippen LogP contribution is -2.31. The summed E-state index contributed by atoms with van der Waals surface area (Å²) < 4.78 is 25.7. The zero-order valence-corrected chi connectivity index (χ0v) is 12.2. The summed E-state index contributed by atoms with van der Waals surface area (Å²) in [6.45, 7) is 2.80. The molecule has 0 aromatic carbocycles. The minimum absolute atomic E-state index is 0.212. The third-order valence-electron chi connectivity index (χ3n) is 3.55. The molecule has 3 rings (SSSR count). The standard InChI is InChI=1S/C14H17N3O2S/c1-2-9-20(18,19)17-8-5-11(10-17)12-3-6-15-14-13(12)4-7-16-14/h3-7H,2,8-10H2,1H3,(H,15,16). The van der Waals surface area contributed by atoms with Crippen molar-refractivity contribution in [3.63, 3.8) is 0 Å². The number of rotatable bonds is 4. The normalized spacial score (nSPS) is 16.8. The maximum absolute atomic E-state index is 12.1. The smallest absolute Gasteiger partial charge is 0.214 e. The number of aromatic amines is 1. The maximum atomic E-state index is 12.1. The molecule has 1 aliphatic rings. The second-order valence-corrected chi connectivity index (χ2v) is 7.02. The third-order valence-corrected chi connectivity index (χ3v) is 5.54. The van der Waals surface area contributed by atoms with Gasteiger partial charge in [-0.1, -0.05) is 13.0 Å². The van der Waals surface area contributed by atoms with Crippen molar-refractivity contribution in [2.24, 2.45) is 0 Å². The highest BCUT2D eigenvalue weighted by Crippen LogP contribution is 2.28. The average Bonchev–Trinajstić information content (AvgIpc) is 3.07. The van der Waals surface area contributed by atoms with Crippen LogP contribution >= 0.6 is 0 Å². The Bertz CT molecular complexity index is 762. The molecule has 0 fully saturated rings. The van der Waals surface area contributed by atoms with E-state index in [-0.39, 0.29) is 5.75 Å². The summed E-state index contributed by atoms with van der Waals surface area (Å²) in [5.41, 5.74) is 2.94. The van der Waals surface area contributed by atoms with Crippen molar-refractivity contribution in [2.45, 2.75) is 13.3 Å². The van der Waals surface area contributed by atoms with Gasteiger partial charge in [0.2, 0.25) is 10.0 Å². The third kappa shape index (κ3) is 2.25. The molecule has 3 heterocycles. The van der Waals surface area contributed by atoms with Crippen LogP contribution in [0.5, 0.6) is 0 Å². The molecule has 2 aromatic rings. The van der Waals surface area contributed by atoms with Crippen molar-refractivity contribution < 1.29 is 8.42 Å². The Morgan fingerprint density at radius 1 is 1.40 bits per heavy atom. The van der Waals surface area contributed by atoms with Crippen molar-refractivity contribution in [1.29, 1.82) is 0 Å². The van der Waals surface area contributed by atoms with Crippen LogP contribution in [0.1, 0.15) is 18.9 Å². The molecule has 6 heteroatoms. The van der Waals surface area contributed by atoms with E-state index in [0.29, 0.717) is 19.5 Å². The number of sulfonamides is 1. The molecule has 0 amide bonds. The molecule has 0 saturated heterocycles. The number of H-pyrrole nitrogens is 1. The van der Waals surface area contributed by atoms with Gasteiger partial charge in [-0.25, -0.2) is 13.4 Å². The number of hydrogen-bond acceptors (Lipinski definition) is 3. The summed E-state index contributed by atoms with van der Waals surface area (Å²) in [5.74, 6) is 0.212. The first-order chi connectivity index (χ1) is 9.62. The van der Waals surface area contributed by atoms with Crippen LogP contribution in [-0.2, 0) is 10.0 Å². The number of nitrogens with zero attached hydrogens (tertiary/aromatic N) is 2. The highest BCUT2D eigenvalue weighted by atomic mass is 32.2. The van der Waals surface area contributed by atoms with Crippen LogP contribution in [0.25, 0.3) is 16.6 Å². The molecule has 1 N–H and O–H groups in total. The van der Waals surface area contributed by atoms with E-state index in [4.69, 9.17) is 0 Å². The van der Waals surface area contributed by atoms with Gasteiger partial charge >= 0.3 is 0 Å². The van der Waals surface area contributed by atoms with Crippen LogP contribution in [0.15, 0.2) is 30.6 Å². The predicted octanol–water partition coefficient (Wildman–Crippen LogP) is 2.00. The first-order valence-corrected chi connectivity index (χ1v) is 8.32. The minimum atomic E-state index is -3.13. The summed E-state index contributed by atoms with van der Waals surface area (Å²) in [4.78, 5) is 7.33.